The van der Waals surface area contributed by atoms with E-state index in [0.29, 0.717) is 0 Å². The van der Waals surface area contributed by atoms with Crippen LogP contribution in [0.25, 0.3) is 6.08 Å². The lowest BCUT2D eigenvalue weighted by Crippen LogP contribution is -2.23. The molecule has 3 N–H and O–H groups in total. The SMILES string of the molecule is CC(=C/c1ccccc1)/C=N/NC(N)=S. The van der Waals surface area contributed by atoms with Crippen molar-refractivity contribution < 1.29 is 0 Å². The first-order valence-electron chi connectivity index (χ1n) is 4.50. The summed E-state index contributed by atoms with van der Waals surface area (Å²) < 4.78 is 0. The molecule has 0 atom stereocenters. The lowest BCUT2D eigenvalue weighted by molar-refractivity contribution is 1.04. The molecule has 4 heteroatoms. The van der Waals surface area contributed by atoms with Gasteiger partial charge in [-0.05, 0) is 30.3 Å². The first-order chi connectivity index (χ1) is 7.18. The molecule has 1 aromatic carbocycles. The van der Waals surface area contributed by atoms with E-state index >= 15 is 0 Å². The van der Waals surface area contributed by atoms with E-state index in [1.54, 1.807) is 6.21 Å². The van der Waals surface area contributed by atoms with E-state index in [0.717, 1.165) is 11.1 Å². The molecule has 78 valence electrons. The summed E-state index contributed by atoms with van der Waals surface area (Å²) in [5.41, 5.74) is 9.87. The number of allylic oxidation sites excluding steroid dienone is 1. The molecule has 0 spiro atoms. The van der Waals surface area contributed by atoms with Crippen molar-refractivity contribution in [2.75, 3.05) is 0 Å². The smallest absolute Gasteiger partial charge is 0.184 e. The van der Waals surface area contributed by atoms with Crippen molar-refractivity contribution in [3.63, 3.8) is 0 Å². The summed E-state index contributed by atoms with van der Waals surface area (Å²) in [5.74, 6) is 0. The van der Waals surface area contributed by atoms with Crippen LogP contribution in [0.3, 0.4) is 0 Å². The Kier molecular flexibility index (Phi) is 4.50. The van der Waals surface area contributed by atoms with E-state index in [1.165, 1.54) is 0 Å². The third-order valence-electron chi connectivity index (χ3n) is 1.64. The Hall–Kier alpha value is -1.68. The Bertz CT molecular complexity index is 382. The zero-order valence-corrected chi connectivity index (χ0v) is 9.29. The minimum atomic E-state index is 0.166. The highest BCUT2D eigenvalue weighted by Gasteiger charge is 1.87. The lowest BCUT2D eigenvalue weighted by Gasteiger charge is -1.95. The molecule has 15 heavy (non-hydrogen) atoms. The number of benzene rings is 1. The molecule has 0 aliphatic carbocycles. The predicted molar refractivity (Wildman–Crippen MR) is 68.5 cm³/mol. The van der Waals surface area contributed by atoms with Gasteiger partial charge in [-0.2, -0.15) is 5.10 Å². The van der Waals surface area contributed by atoms with Gasteiger partial charge in [0.1, 0.15) is 0 Å². The minimum Gasteiger partial charge on any atom is -0.375 e. The Morgan fingerprint density at radius 1 is 1.40 bits per heavy atom. The van der Waals surface area contributed by atoms with Crippen molar-refractivity contribution in [2.24, 2.45) is 10.8 Å². The van der Waals surface area contributed by atoms with Crippen molar-refractivity contribution in [3.05, 3.63) is 41.5 Å². The molecule has 0 radical (unpaired) electrons. The van der Waals surface area contributed by atoms with Crippen molar-refractivity contribution in [1.82, 2.24) is 5.43 Å². The highest BCUT2D eigenvalue weighted by Crippen LogP contribution is 2.04. The molecule has 0 heterocycles. The summed E-state index contributed by atoms with van der Waals surface area (Å²) in [4.78, 5) is 0. The van der Waals surface area contributed by atoms with Crippen LogP contribution in [0.2, 0.25) is 0 Å². The molecule has 1 rings (SSSR count). The van der Waals surface area contributed by atoms with Gasteiger partial charge in [-0.3, -0.25) is 5.43 Å². The van der Waals surface area contributed by atoms with Crippen LogP contribution in [-0.2, 0) is 0 Å². The molecule has 0 saturated heterocycles. The standard InChI is InChI=1S/C11H13N3S/c1-9(8-13-14-11(12)15)7-10-5-3-2-4-6-10/h2-8H,1H3,(H3,12,14,15)/b9-7-,13-8+. The molecular formula is C11H13N3S. The van der Waals surface area contributed by atoms with Crippen LogP contribution in [0.5, 0.6) is 0 Å². The van der Waals surface area contributed by atoms with Crippen LogP contribution in [0.15, 0.2) is 41.0 Å². The first-order valence-corrected chi connectivity index (χ1v) is 4.91. The van der Waals surface area contributed by atoms with Gasteiger partial charge in [0, 0.05) is 0 Å². The largest absolute Gasteiger partial charge is 0.375 e. The predicted octanol–water partition coefficient (Wildman–Crippen LogP) is 1.91. The number of hydrogen-bond donors (Lipinski definition) is 2. The van der Waals surface area contributed by atoms with Crippen molar-refractivity contribution in [3.8, 4) is 0 Å². The van der Waals surface area contributed by atoms with Gasteiger partial charge in [0.05, 0.1) is 6.21 Å². The van der Waals surface area contributed by atoms with Crippen molar-refractivity contribution in [1.29, 1.82) is 0 Å². The van der Waals surface area contributed by atoms with Crippen LogP contribution in [0, 0.1) is 0 Å². The summed E-state index contributed by atoms with van der Waals surface area (Å²) in [5, 5.41) is 4.02. The minimum absolute atomic E-state index is 0.166. The molecule has 0 aliphatic heterocycles. The summed E-state index contributed by atoms with van der Waals surface area (Å²) >= 11 is 4.61. The summed E-state index contributed by atoms with van der Waals surface area (Å²) in [6, 6.07) is 10.0. The number of thiocarbonyl (C=S) groups is 1. The molecular weight excluding hydrogens is 206 g/mol. The number of nitrogens with one attached hydrogen (secondary N) is 1. The second-order valence-corrected chi connectivity index (χ2v) is 3.47. The molecule has 0 saturated carbocycles. The normalized spacial score (nSPS) is 11.7. The maximum Gasteiger partial charge on any atom is 0.184 e. The van der Waals surface area contributed by atoms with Gasteiger partial charge in [0.2, 0.25) is 0 Å². The Morgan fingerprint density at radius 2 is 2.07 bits per heavy atom. The maximum absolute atomic E-state index is 5.22. The van der Waals surface area contributed by atoms with Gasteiger partial charge in [-0.25, -0.2) is 0 Å². The van der Waals surface area contributed by atoms with Gasteiger partial charge in [-0.15, -0.1) is 0 Å². The molecule has 1 aromatic rings. The highest BCUT2D eigenvalue weighted by atomic mass is 32.1. The van der Waals surface area contributed by atoms with Gasteiger partial charge in [0.15, 0.2) is 5.11 Å². The van der Waals surface area contributed by atoms with Crippen LogP contribution < -0.4 is 11.2 Å². The Balaban J connectivity index is 2.61. The van der Waals surface area contributed by atoms with E-state index in [4.69, 9.17) is 5.73 Å². The van der Waals surface area contributed by atoms with Crippen LogP contribution in [-0.4, -0.2) is 11.3 Å². The van der Waals surface area contributed by atoms with Crippen LogP contribution in [0.4, 0.5) is 0 Å². The number of nitrogens with zero attached hydrogens (tertiary/aromatic N) is 1. The zero-order valence-electron chi connectivity index (χ0n) is 8.47. The molecule has 0 unspecified atom stereocenters. The van der Waals surface area contributed by atoms with E-state index in [1.807, 2.05) is 43.3 Å². The second-order valence-electron chi connectivity index (χ2n) is 3.03. The fourth-order valence-corrected chi connectivity index (χ4v) is 1.10. The van der Waals surface area contributed by atoms with Gasteiger partial charge >= 0.3 is 0 Å². The Morgan fingerprint density at radius 3 is 2.67 bits per heavy atom. The fraction of sp³-hybridized carbons (Fsp3) is 0.0909. The first kappa shape index (κ1) is 11.4. The molecule has 0 aromatic heterocycles. The van der Waals surface area contributed by atoms with Gasteiger partial charge in [-0.1, -0.05) is 36.4 Å². The lowest BCUT2D eigenvalue weighted by atomic mass is 10.1. The summed E-state index contributed by atoms with van der Waals surface area (Å²) in [6.45, 7) is 1.96. The van der Waals surface area contributed by atoms with Crippen molar-refractivity contribution in [2.45, 2.75) is 6.92 Å². The average molecular weight is 219 g/mol. The fourth-order valence-electron chi connectivity index (χ4n) is 1.05. The van der Waals surface area contributed by atoms with Crippen molar-refractivity contribution >= 4 is 29.6 Å². The van der Waals surface area contributed by atoms with E-state index in [-0.39, 0.29) is 5.11 Å². The highest BCUT2D eigenvalue weighted by molar-refractivity contribution is 7.80. The van der Waals surface area contributed by atoms with Crippen LogP contribution in [0.1, 0.15) is 12.5 Å². The zero-order chi connectivity index (χ0) is 11.1. The Labute approximate surface area is 94.7 Å². The molecule has 3 nitrogen and oxygen atoms in total. The third-order valence-corrected chi connectivity index (χ3v) is 1.73. The molecule has 0 fully saturated rings. The molecule has 0 bridgehead atoms. The topological polar surface area (TPSA) is 50.4 Å². The number of nitrogens with two attached hydrogens (primary N) is 1. The monoisotopic (exact) mass is 219 g/mol. The average Bonchev–Trinajstić information content (AvgIpc) is 2.18. The maximum atomic E-state index is 5.22. The second kappa shape index (κ2) is 5.93. The number of hydrazone groups is 1. The van der Waals surface area contributed by atoms with E-state index in [9.17, 15) is 0 Å². The van der Waals surface area contributed by atoms with E-state index in [2.05, 4.69) is 22.7 Å². The quantitative estimate of drug-likeness (QED) is 0.464. The van der Waals surface area contributed by atoms with Gasteiger partial charge in [0.25, 0.3) is 0 Å². The summed E-state index contributed by atoms with van der Waals surface area (Å²) in [7, 11) is 0. The van der Waals surface area contributed by atoms with E-state index < -0.39 is 0 Å². The van der Waals surface area contributed by atoms with Crippen LogP contribution >= 0.6 is 12.2 Å². The number of rotatable bonds is 3. The van der Waals surface area contributed by atoms with Gasteiger partial charge < -0.3 is 5.73 Å². The third kappa shape index (κ3) is 4.93. The molecule has 0 aliphatic rings. The number of hydrogen-bond acceptors (Lipinski definition) is 2. The molecule has 0 amide bonds. The summed E-state index contributed by atoms with van der Waals surface area (Å²) in [6.07, 6.45) is 3.69.